The van der Waals surface area contributed by atoms with E-state index in [0.717, 1.165) is 5.56 Å². The van der Waals surface area contributed by atoms with Gasteiger partial charge in [-0.05, 0) is 17.7 Å². The molecule has 6 heteroatoms. The number of nitrogens with one attached hydrogen (secondary N) is 1. The Balaban J connectivity index is 1.72. The average molecular weight is 354 g/mol. The normalized spacial score (nSPS) is 12.2. The Bertz CT molecular complexity index is 909. The van der Waals surface area contributed by atoms with E-state index < -0.39 is 0 Å². The highest BCUT2D eigenvalue weighted by atomic mass is 16.5. The van der Waals surface area contributed by atoms with Crippen LogP contribution in [0.2, 0.25) is 0 Å². The lowest BCUT2D eigenvalue weighted by atomic mass is 10.2. The zero-order chi connectivity index (χ0) is 18.4. The van der Waals surface area contributed by atoms with Gasteiger partial charge in [0.25, 0.3) is 5.56 Å². The Hall–Kier alpha value is -2.70. The number of ether oxygens (including phenoxy) is 3. The van der Waals surface area contributed by atoms with E-state index in [-0.39, 0.29) is 11.7 Å². The number of para-hydroxylation sites is 1. The van der Waals surface area contributed by atoms with Crippen LogP contribution in [0.1, 0.15) is 23.9 Å². The van der Waals surface area contributed by atoms with Crippen LogP contribution in [0.15, 0.2) is 53.3 Å². The lowest BCUT2D eigenvalue weighted by Crippen LogP contribution is -2.17. The maximum absolute atomic E-state index is 12.4. The summed E-state index contributed by atoms with van der Waals surface area (Å²) in [6.07, 6.45) is 0.209. The first-order valence-corrected chi connectivity index (χ1v) is 8.44. The standard InChI is InChI=1S/C20H22N2O4/c1-24-16-10-6-9-15-18(16)21-19(22-20(15)23)17(25-2)11-12-26-13-14-7-4-3-5-8-14/h3-10,17H,11-13H2,1-2H3,(H,21,22,23). The van der Waals surface area contributed by atoms with E-state index in [1.165, 1.54) is 0 Å². The molecule has 0 fully saturated rings. The van der Waals surface area contributed by atoms with Crippen LogP contribution >= 0.6 is 0 Å². The maximum Gasteiger partial charge on any atom is 0.258 e. The van der Waals surface area contributed by atoms with Crippen molar-refractivity contribution in [2.24, 2.45) is 0 Å². The molecule has 1 N–H and O–H groups in total. The van der Waals surface area contributed by atoms with Gasteiger partial charge < -0.3 is 19.2 Å². The predicted octanol–water partition coefficient (Wildman–Crippen LogP) is 3.23. The third-order valence-electron chi connectivity index (χ3n) is 4.16. The van der Waals surface area contributed by atoms with Gasteiger partial charge in [0.05, 0.1) is 19.1 Å². The van der Waals surface area contributed by atoms with Crippen molar-refractivity contribution < 1.29 is 14.2 Å². The number of hydrogen-bond donors (Lipinski definition) is 1. The Labute approximate surface area is 151 Å². The molecular weight excluding hydrogens is 332 g/mol. The molecule has 6 nitrogen and oxygen atoms in total. The second-order valence-corrected chi connectivity index (χ2v) is 5.86. The number of H-pyrrole nitrogens is 1. The number of aromatic nitrogens is 2. The molecule has 1 aromatic heterocycles. The SMILES string of the molecule is COc1cccc2c(=O)[nH]c(C(CCOCc3ccccc3)OC)nc12. The van der Waals surface area contributed by atoms with Crippen molar-refractivity contribution in [1.29, 1.82) is 0 Å². The molecule has 0 radical (unpaired) electrons. The smallest absolute Gasteiger partial charge is 0.258 e. The zero-order valence-corrected chi connectivity index (χ0v) is 14.9. The van der Waals surface area contributed by atoms with Crippen LogP contribution < -0.4 is 10.3 Å². The summed E-state index contributed by atoms with van der Waals surface area (Å²) in [5.74, 6) is 1.03. The molecule has 2 aromatic carbocycles. The minimum absolute atomic E-state index is 0.212. The molecule has 0 aliphatic carbocycles. The van der Waals surface area contributed by atoms with Crippen molar-refractivity contribution in [3.05, 3.63) is 70.3 Å². The van der Waals surface area contributed by atoms with Gasteiger partial charge in [-0.3, -0.25) is 4.79 Å². The first-order valence-electron chi connectivity index (χ1n) is 8.44. The third-order valence-corrected chi connectivity index (χ3v) is 4.16. The minimum Gasteiger partial charge on any atom is -0.494 e. The number of aromatic amines is 1. The third kappa shape index (κ3) is 4.09. The minimum atomic E-state index is -0.368. The molecule has 0 aliphatic heterocycles. The van der Waals surface area contributed by atoms with Gasteiger partial charge in [0.2, 0.25) is 0 Å². The highest BCUT2D eigenvalue weighted by Crippen LogP contribution is 2.23. The number of fused-ring (bicyclic) bond motifs is 1. The molecule has 0 amide bonds. The number of nitrogens with zero attached hydrogens (tertiary/aromatic N) is 1. The number of hydrogen-bond acceptors (Lipinski definition) is 5. The Morgan fingerprint density at radius 1 is 1.08 bits per heavy atom. The van der Waals surface area contributed by atoms with E-state index in [2.05, 4.69) is 9.97 Å². The highest BCUT2D eigenvalue weighted by molar-refractivity contribution is 5.83. The van der Waals surface area contributed by atoms with Crippen LogP contribution in [0.25, 0.3) is 10.9 Å². The molecule has 1 heterocycles. The fraction of sp³-hybridized carbons (Fsp3) is 0.300. The molecule has 0 saturated carbocycles. The quantitative estimate of drug-likeness (QED) is 0.629. The van der Waals surface area contributed by atoms with E-state index in [1.807, 2.05) is 30.3 Å². The largest absolute Gasteiger partial charge is 0.494 e. The Morgan fingerprint density at radius 3 is 2.62 bits per heavy atom. The number of methoxy groups -OCH3 is 2. The average Bonchev–Trinajstić information content (AvgIpc) is 2.68. The molecule has 3 rings (SSSR count). The van der Waals surface area contributed by atoms with Gasteiger partial charge in [-0.1, -0.05) is 36.4 Å². The predicted molar refractivity (Wildman–Crippen MR) is 99.4 cm³/mol. The molecule has 0 aliphatic rings. The van der Waals surface area contributed by atoms with E-state index >= 15 is 0 Å². The van der Waals surface area contributed by atoms with Crippen LogP contribution in [-0.4, -0.2) is 30.8 Å². The number of benzene rings is 2. The second-order valence-electron chi connectivity index (χ2n) is 5.86. The molecule has 1 unspecified atom stereocenters. The summed E-state index contributed by atoms with van der Waals surface area (Å²) < 4.78 is 16.5. The van der Waals surface area contributed by atoms with Crippen molar-refractivity contribution in [1.82, 2.24) is 9.97 Å². The molecular formula is C20H22N2O4. The van der Waals surface area contributed by atoms with Crippen molar-refractivity contribution in [2.45, 2.75) is 19.1 Å². The summed E-state index contributed by atoms with van der Waals surface area (Å²) in [5.41, 5.74) is 1.43. The first-order chi connectivity index (χ1) is 12.7. The van der Waals surface area contributed by atoms with Gasteiger partial charge >= 0.3 is 0 Å². The van der Waals surface area contributed by atoms with Crippen LogP contribution in [-0.2, 0) is 16.1 Å². The Morgan fingerprint density at radius 2 is 1.88 bits per heavy atom. The molecule has 136 valence electrons. The van der Waals surface area contributed by atoms with Gasteiger partial charge in [0, 0.05) is 20.1 Å². The lowest BCUT2D eigenvalue weighted by molar-refractivity contribution is 0.0416. The zero-order valence-electron chi connectivity index (χ0n) is 14.9. The topological polar surface area (TPSA) is 73.4 Å². The fourth-order valence-corrected chi connectivity index (χ4v) is 2.79. The summed E-state index contributed by atoms with van der Waals surface area (Å²) >= 11 is 0. The van der Waals surface area contributed by atoms with Gasteiger partial charge in [-0.15, -0.1) is 0 Å². The van der Waals surface area contributed by atoms with Crippen molar-refractivity contribution in [3.63, 3.8) is 0 Å². The molecule has 0 spiro atoms. The molecule has 0 saturated heterocycles. The summed E-state index contributed by atoms with van der Waals surface area (Å²) in [6, 6.07) is 15.2. The highest BCUT2D eigenvalue weighted by Gasteiger charge is 2.16. The van der Waals surface area contributed by atoms with Crippen LogP contribution in [0.3, 0.4) is 0 Å². The molecule has 26 heavy (non-hydrogen) atoms. The van der Waals surface area contributed by atoms with Gasteiger partial charge in [-0.2, -0.15) is 0 Å². The van der Waals surface area contributed by atoms with Gasteiger partial charge in [-0.25, -0.2) is 4.98 Å². The molecule has 0 bridgehead atoms. The van der Waals surface area contributed by atoms with Crippen LogP contribution in [0, 0.1) is 0 Å². The Kier molecular flexibility index (Phi) is 5.99. The van der Waals surface area contributed by atoms with Crippen LogP contribution in [0.5, 0.6) is 5.75 Å². The summed E-state index contributed by atoms with van der Waals surface area (Å²) in [5, 5.41) is 0.489. The van der Waals surface area contributed by atoms with Crippen molar-refractivity contribution in [2.75, 3.05) is 20.8 Å². The summed E-state index contributed by atoms with van der Waals surface area (Å²) in [7, 11) is 3.15. The van der Waals surface area contributed by atoms with Crippen molar-refractivity contribution in [3.8, 4) is 5.75 Å². The maximum atomic E-state index is 12.4. The van der Waals surface area contributed by atoms with E-state index in [9.17, 15) is 4.79 Å². The first kappa shape index (κ1) is 18.1. The summed E-state index contributed by atoms with van der Waals surface area (Å²) in [6.45, 7) is 1.02. The van der Waals surface area contributed by atoms with E-state index in [1.54, 1.807) is 32.4 Å². The van der Waals surface area contributed by atoms with Gasteiger partial charge in [0.15, 0.2) is 0 Å². The van der Waals surface area contributed by atoms with Crippen LogP contribution in [0.4, 0.5) is 0 Å². The van der Waals surface area contributed by atoms with Crippen molar-refractivity contribution >= 4 is 10.9 Å². The molecule has 1 atom stereocenters. The monoisotopic (exact) mass is 354 g/mol. The second kappa shape index (κ2) is 8.60. The van der Waals surface area contributed by atoms with E-state index in [0.29, 0.717) is 42.1 Å². The number of rotatable bonds is 8. The summed E-state index contributed by atoms with van der Waals surface area (Å²) in [4.78, 5) is 19.7. The molecule has 3 aromatic rings. The fourth-order valence-electron chi connectivity index (χ4n) is 2.79. The van der Waals surface area contributed by atoms with E-state index in [4.69, 9.17) is 14.2 Å². The lowest BCUT2D eigenvalue weighted by Gasteiger charge is -2.15. The van der Waals surface area contributed by atoms with Gasteiger partial charge in [0.1, 0.15) is 23.2 Å².